The molecule has 1 aliphatic heterocycles. The zero-order valence-electron chi connectivity index (χ0n) is 15.9. The second kappa shape index (κ2) is 7.54. The van der Waals surface area contributed by atoms with E-state index in [0.29, 0.717) is 23.5 Å². The van der Waals surface area contributed by atoms with Crippen LogP contribution in [0.1, 0.15) is 24.5 Å². The van der Waals surface area contributed by atoms with Crippen LogP contribution in [0.3, 0.4) is 0 Å². The molecule has 2 aromatic carbocycles. The highest BCUT2D eigenvalue weighted by atomic mass is 19.1. The molecule has 1 N–H and O–H groups in total. The van der Waals surface area contributed by atoms with Gasteiger partial charge in [0.1, 0.15) is 11.6 Å². The molecule has 6 heteroatoms. The smallest absolute Gasteiger partial charge is 0.228 e. The quantitative estimate of drug-likeness (QED) is 0.517. The predicted molar refractivity (Wildman–Crippen MR) is 111 cm³/mol. The molecule has 0 bridgehead atoms. The maximum Gasteiger partial charge on any atom is 0.228 e. The Bertz CT molecular complexity index is 1080. The molecular weight excluding hydrogens is 367 g/mol. The Kier molecular flexibility index (Phi) is 4.60. The van der Waals surface area contributed by atoms with Gasteiger partial charge in [0, 0.05) is 42.5 Å². The molecule has 3 heterocycles. The lowest BCUT2D eigenvalue weighted by Gasteiger charge is -2.31. The number of hydrogen-bond acceptors (Lipinski definition) is 4. The first-order valence-electron chi connectivity index (χ1n) is 9.84. The summed E-state index contributed by atoms with van der Waals surface area (Å²) < 4.78 is 18.8. The molecule has 4 aromatic rings. The molecule has 0 spiro atoms. The molecule has 0 radical (unpaired) electrons. The van der Waals surface area contributed by atoms with Crippen LogP contribution in [-0.4, -0.2) is 28.0 Å². The van der Waals surface area contributed by atoms with E-state index in [4.69, 9.17) is 4.74 Å². The zero-order chi connectivity index (χ0) is 19.6. The largest absolute Gasteiger partial charge is 0.439 e. The number of para-hydroxylation sites is 1. The first-order valence-corrected chi connectivity index (χ1v) is 9.84. The molecule has 5 rings (SSSR count). The number of ether oxygens (including phenoxy) is 1. The number of H-pyrrole nitrogens is 1. The van der Waals surface area contributed by atoms with E-state index in [1.54, 1.807) is 24.4 Å². The van der Waals surface area contributed by atoms with E-state index in [1.165, 1.54) is 28.7 Å². The van der Waals surface area contributed by atoms with E-state index in [2.05, 4.69) is 50.2 Å². The number of benzene rings is 2. The number of rotatable bonds is 4. The van der Waals surface area contributed by atoms with Crippen molar-refractivity contribution in [2.24, 2.45) is 0 Å². The fraction of sp³-hybridized carbons (Fsp3) is 0.217. The van der Waals surface area contributed by atoms with Crippen LogP contribution < -0.4 is 9.64 Å². The van der Waals surface area contributed by atoms with Crippen molar-refractivity contribution in [3.05, 3.63) is 78.4 Å². The van der Waals surface area contributed by atoms with Gasteiger partial charge < -0.3 is 14.6 Å². The summed E-state index contributed by atoms with van der Waals surface area (Å²) in [6, 6.07) is 18.3. The van der Waals surface area contributed by atoms with Crippen LogP contribution in [0.4, 0.5) is 10.3 Å². The number of piperidine rings is 1. The third-order valence-electron chi connectivity index (χ3n) is 5.42. The highest BCUT2D eigenvalue weighted by Gasteiger charge is 2.23. The van der Waals surface area contributed by atoms with Gasteiger partial charge in [-0.25, -0.2) is 9.37 Å². The third kappa shape index (κ3) is 3.78. The number of fused-ring (bicyclic) bond motifs is 1. The van der Waals surface area contributed by atoms with E-state index in [1.807, 2.05) is 0 Å². The lowest BCUT2D eigenvalue weighted by molar-refractivity contribution is 0.454. The first kappa shape index (κ1) is 17.7. The topological polar surface area (TPSA) is 54.0 Å². The predicted octanol–water partition coefficient (Wildman–Crippen LogP) is 5.27. The number of aromatic amines is 1. The van der Waals surface area contributed by atoms with E-state index in [9.17, 15) is 4.39 Å². The fourth-order valence-corrected chi connectivity index (χ4v) is 3.87. The highest BCUT2D eigenvalue weighted by Crippen LogP contribution is 2.31. The van der Waals surface area contributed by atoms with E-state index >= 15 is 0 Å². The molecule has 146 valence electrons. The molecule has 29 heavy (non-hydrogen) atoms. The van der Waals surface area contributed by atoms with Gasteiger partial charge in [-0.1, -0.05) is 18.2 Å². The first-order chi connectivity index (χ1) is 14.2. The van der Waals surface area contributed by atoms with Crippen LogP contribution in [0.5, 0.6) is 11.6 Å². The van der Waals surface area contributed by atoms with Crippen molar-refractivity contribution in [1.82, 2.24) is 15.0 Å². The van der Waals surface area contributed by atoms with Gasteiger partial charge in [-0.15, -0.1) is 0 Å². The average molecular weight is 388 g/mol. The van der Waals surface area contributed by atoms with Crippen LogP contribution in [0, 0.1) is 5.82 Å². The molecule has 1 saturated heterocycles. The van der Waals surface area contributed by atoms with Gasteiger partial charge in [0.2, 0.25) is 11.8 Å². The normalized spacial score (nSPS) is 15.0. The molecule has 0 aliphatic carbocycles. The molecule has 5 nitrogen and oxygen atoms in total. The number of nitrogens with one attached hydrogen (secondary N) is 1. The number of aromatic nitrogens is 3. The number of nitrogens with zero attached hydrogens (tertiary/aromatic N) is 3. The Morgan fingerprint density at radius 1 is 1.00 bits per heavy atom. The molecule has 1 fully saturated rings. The highest BCUT2D eigenvalue weighted by molar-refractivity contribution is 5.80. The molecule has 1 aliphatic rings. The van der Waals surface area contributed by atoms with Crippen molar-refractivity contribution in [2.45, 2.75) is 18.8 Å². The lowest BCUT2D eigenvalue weighted by atomic mass is 9.94. The third-order valence-corrected chi connectivity index (χ3v) is 5.42. The maximum absolute atomic E-state index is 13.1. The Morgan fingerprint density at radius 2 is 1.79 bits per heavy atom. The van der Waals surface area contributed by atoms with Crippen molar-refractivity contribution in [2.75, 3.05) is 18.0 Å². The van der Waals surface area contributed by atoms with Crippen molar-refractivity contribution in [3.63, 3.8) is 0 Å². The Morgan fingerprint density at radius 3 is 2.59 bits per heavy atom. The number of halogens is 1. The minimum atomic E-state index is -0.293. The van der Waals surface area contributed by atoms with Gasteiger partial charge in [0.15, 0.2) is 0 Å². The molecule has 0 amide bonds. The van der Waals surface area contributed by atoms with Crippen LogP contribution >= 0.6 is 0 Å². The molecule has 2 aromatic heterocycles. The van der Waals surface area contributed by atoms with Gasteiger partial charge in [-0.3, -0.25) is 0 Å². The summed E-state index contributed by atoms with van der Waals surface area (Å²) in [5.41, 5.74) is 2.50. The van der Waals surface area contributed by atoms with E-state index < -0.39 is 0 Å². The summed E-state index contributed by atoms with van der Waals surface area (Å²) in [4.78, 5) is 14.7. The summed E-state index contributed by atoms with van der Waals surface area (Å²) in [6.07, 6.45) is 3.78. The van der Waals surface area contributed by atoms with Gasteiger partial charge in [-0.2, -0.15) is 4.98 Å². The van der Waals surface area contributed by atoms with Crippen molar-refractivity contribution in [3.8, 4) is 11.6 Å². The minimum absolute atomic E-state index is 0.293. The Balaban J connectivity index is 1.26. The zero-order valence-corrected chi connectivity index (χ0v) is 15.9. The molecule has 0 unspecified atom stereocenters. The summed E-state index contributed by atoms with van der Waals surface area (Å²) in [7, 11) is 0. The van der Waals surface area contributed by atoms with Crippen molar-refractivity contribution in [1.29, 1.82) is 0 Å². The maximum atomic E-state index is 13.1. The summed E-state index contributed by atoms with van der Waals surface area (Å²) >= 11 is 0. The molecule has 0 saturated carbocycles. The standard InChI is InChI=1S/C23H21FN4O/c24-18-5-7-19(8-6-18)29-22-9-12-25-23(27-22)28-13-10-16(11-14-28)21-15-17-3-1-2-4-20(17)26-21/h1-9,12,15-16,26H,10-11,13-14H2. The van der Waals surface area contributed by atoms with Crippen LogP contribution in [-0.2, 0) is 0 Å². The second-order valence-corrected chi connectivity index (χ2v) is 7.32. The van der Waals surface area contributed by atoms with Crippen LogP contribution in [0.25, 0.3) is 10.9 Å². The summed E-state index contributed by atoms with van der Waals surface area (Å²) in [5.74, 6) is 1.89. The summed E-state index contributed by atoms with van der Waals surface area (Å²) in [6.45, 7) is 1.78. The molecular formula is C23H21FN4O. The monoisotopic (exact) mass is 388 g/mol. The minimum Gasteiger partial charge on any atom is -0.439 e. The Labute approximate surface area is 168 Å². The number of anilines is 1. The number of hydrogen-bond donors (Lipinski definition) is 1. The average Bonchev–Trinajstić information content (AvgIpc) is 3.20. The van der Waals surface area contributed by atoms with Crippen molar-refractivity contribution < 1.29 is 9.13 Å². The lowest BCUT2D eigenvalue weighted by Crippen LogP contribution is -2.34. The van der Waals surface area contributed by atoms with Crippen molar-refractivity contribution >= 4 is 16.9 Å². The van der Waals surface area contributed by atoms with E-state index in [0.717, 1.165) is 25.9 Å². The van der Waals surface area contributed by atoms with Gasteiger partial charge in [0.25, 0.3) is 0 Å². The van der Waals surface area contributed by atoms with Crippen LogP contribution in [0.2, 0.25) is 0 Å². The van der Waals surface area contributed by atoms with Crippen LogP contribution in [0.15, 0.2) is 66.9 Å². The van der Waals surface area contributed by atoms with Gasteiger partial charge in [0.05, 0.1) is 0 Å². The SMILES string of the molecule is Fc1ccc(Oc2ccnc(N3CCC(c4cc5ccccc5[nH]4)CC3)n2)cc1. The van der Waals surface area contributed by atoms with Gasteiger partial charge >= 0.3 is 0 Å². The second-order valence-electron chi connectivity index (χ2n) is 7.32. The molecule has 0 atom stereocenters. The Hall–Kier alpha value is -3.41. The van der Waals surface area contributed by atoms with Gasteiger partial charge in [-0.05, 0) is 54.6 Å². The summed E-state index contributed by atoms with van der Waals surface area (Å²) in [5, 5.41) is 1.26. The van der Waals surface area contributed by atoms with E-state index in [-0.39, 0.29) is 5.82 Å². The fourth-order valence-electron chi connectivity index (χ4n) is 3.87.